The van der Waals surface area contributed by atoms with E-state index in [9.17, 15) is 14.0 Å². The lowest BCUT2D eigenvalue weighted by Crippen LogP contribution is -2.59. The van der Waals surface area contributed by atoms with Crippen molar-refractivity contribution < 1.29 is 18.7 Å². The van der Waals surface area contributed by atoms with E-state index in [1.54, 1.807) is 48.3 Å². The number of halogens is 2. The van der Waals surface area contributed by atoms with Gasteiger partial charge in [0.05, 0.1) is 6.04 Å². The van der Waals surface area contributed by atoms with Crippen molar-refractivity contribution in [2.45, 2.75) is 12.6 Å². The SMILES string of the molecule is CN(CC1CN(Cc2ccc(F)cc2)CCN1C(=O)COc1ccc(Cl)cc1)C(N)=O. The Bertz CT molecular complexity index is 895. The number of primary amides is 1. The van der Waals surface area contributed by atoms with E-state index < -0.39 is 6.03 Å². The van der Waals surface area contributed by atoms with Gasteiger partial charge in [0.2, 0.25) is 0 Å². The summed E-state index contributed by atoms with van der Waals surface area (Å²) in [5.74, 6) is 0.110. The number of hydrogen-bond donors (Lipinski definition) is 1. The molecule has 2 aromatic carbocycles. The highest BCUT2D eigenvalue weighted by Gasteiger charge is 2.32. The first-order chi connectivity index (χ1) is 14.8. The van der Waals surface area contributed by atoms with E-state index in [0.29, 0.717) is 43.5 Å². The van der Waals surface area contributed by atoms with Gasteiger partial charge >= 0.3 is 6.03 Å². The molecule has 1 heterocycles. The third-order valence-electron chi connectivity index (χ3n) is 5.24. The molecule has 31 heavy (non-hydrogen) atoms. The van der Waals surface area contributed by atoms with Gasteiger partial charge in [0, 0.05) is 44.8 Å². The summed E-state index contributed by atoms with van der Waals surface area (Å²) in [6.07, 6.45) is 0. The van der Waals surface area contributed by atoms with Gasteiger partial charge in [-0.2, -0.15) is 0 Å². The molecule has 3 amide bonds. The van der Waals surface area contributed by atoms with E-state index in [1.165, 1.54) is 17.0 Å². The van der Waals surface area contributed by atoms with E-state index in [1.807, 2.05) is 0 Å². The molecule has 0 aromatic heterocycles. The lowest BCUT2D eigenvalue weighted by Gasteiger charge is -2.42. The van der Waals surface area contributed by atoms with Gasteiger partial charge in [-0.15, -0.1) is 0 Å². The molecule has 1 unspecified atom stereocenters. The Labute approximate surface area is 186 Å². The quantitative estimate of drug-likeness (QED) is 0.706. The molecule has 166 valence electrons. The Morgan fingerprint density at radius 1 is 1.16 bits per heavy atom. The largest absolute Gasteiger partial charge is 0.484 e. The summed E-state index contributed by atoms with van der Waals surface area (Å²) < 4.78 is 18.8. The number of carbonyl (C=O) groups is 2. The number of ether oxygens (including phenoxy) is 1. The van der Waals surface area contributed by atoms with Gasteiger partial charge in [-0.1, -0.05) is 23.7 Å². The van der Waals surface area contributed by atoms with E-state index in [-0.39, 0.29) is 24.4 Å². The van der Waals surface area contributed by atoms with Crippen molar-refractivity contribution in [3.8, 4) is 5.75 Å². The molecule has 2 aromatic rings. The number of urea groups is 1. The van der Waals surface area contributed by atoms with Gasteiger partial charge in [-0.3, -0.25) is 9.69 Å². The third kappa shape index (κ3) is 6.57. The van der Waals surface area contributed by atoms with Crippen LogP contribution in [0.5, 0.6) is 5.75 Å². The van der Waals surface area contributed by atoms with Crippen LogP contribution in [0.4, 0.5) is 9.18 Å². The summed E-state index contributed by atoms with van der Waals surface area (Å²) in [5.41, 5.74) is 6.37. The van der Waals surface area contributed by atoms with Crippen molar-refractivity contribution in [2.24, 2.45) is 5.73 Å². The molecule has 0 spiro atoms. The Kier molecular flexibility index (Phi) is 7.70. The van der Waals surface area contributed by atoms with Crippen LogP contribution in [0.15, 0.2) is 48.5 Å². The van der Waals surface area contributed by atoms with Crippen molar-refractivity contribution in [3.05, 3.63) is 64.9 Å². The minimum Gasteiger partial charge on any atom is -0.484 e. The molecule has 2 N–H and O–H groups in total. The van der Waals surface area contributed by atoms with Crippen molar-refractivity contribution in [3.63, 3.8) is 0 Å². The number of likely N-dealkylation sites (N-methyl/N-ethyl adjacent to an activating group) is 1. The van der Waals surface area contributed by atoms with Crippen LogP contribution in [-0.4, -0.2) is 72.5 Å². The van der Waals surface area contributed by atoms with E-state index in [2.05, 4.69) is 4.90 Å². The summed E-state index contributed by atoms with van der Waals surface area (Å²) >= 11 is 5.87. The fourth-order valence-electron chi connectivity index (χ4n) is 3.56. The molecule has 1 atom stereocenters. The van der Waals surface area contributed by atoms with Crippen LogP contribution in [0, 0.1) is 5.82 Å². The van der Waals surface area contributed by atoms with Crippen LogP contribution in [0.3, 0.4) is 0 Å². The minimum absolute atomic E-state index is 0.115. The summed E-state index contributed by atoms with van der Waals surface area (Å²) in [6.45, 7) is 2.52. The van der Waals surface area contributed by atoms with Gasteiger partial charge in [0.25, 0.3) is 5.91 Å². The molecule has 1 aliphatic heterocycles. The summed E-state index contributed by atoms with van der Waals surface area (Å²) in [7, 11) is 1.61. The molecule has 1 fully saturated rings. The normalized spacial score (nSPS) is 16.7. The fraction of sp³-hybridized carbons (Fsp3) is 0.364. The highest BCUT2D eigenvalue weighted by atomic mass is 35.5. The standard InChI is InChI=1S/C22H26ClFN4O3/c1-26(22(25)30)13-19-14-27(12-16-2-6-18(24)7-3-16)10-11-28(19)21(29)15-31-20-8-4-17(23)5-9-20/h2-9,19H,10-15H2,1H3,(H2,25,30). The molecule has 1 saturated heterocycles. The van der Waals surface area contributed by atoms with Gasteiger partial charge in [-0.05, 0) is 42.0 Å². The lowest BCUT2D eigenvalue weighted by atomic mass is 10.1. The second-order valence-electron chi connectivity index (χ2n) is 7.56. The monoisotopic (exact) mass is 448 g/mol. The zero-order valence-electron chi connectivity index (χ0n) is 17.3. The fourth-order valence-corrected chi connectivity index (χ4v) is 3.69. The van der Waals surface area contributed by atoms with Crippen molar-refractivity contribution in [1.82, 2.24) is 14.7 Å². The lowest BCUT2D eigenvalue weighted by molar-refractivity contribution is -0.138. The second kappa shape index (κ2) is 10.5. The number of carbonyl (C=O) groups excluding carboxylic acids is 2. The van der Waals surface area contributed by atoms with Crippen LogP contribution in [0.2, 0.25) is 5.02 Å². The first-order valence-corrected chi connectivity index (χ1v) is 10.3. The van der Waals surface area contributed by atoms with Crippen LogP contribution in [0.25, 0.3) is 0 Å². The molecule has 1 aliphatic rings. The van der Waals surface area contributed by atoms with Crippen LogP contribution in [0.1, 0.15) is 5.56 Å². The second-order valence-corrected chi connectivity index (χ2v) is 8.00. The smallest absolute Gasteiger partial charge is 0.314 e. The van der Waals surface area contributed by atoms with Gasteiger partial charge < -0.3 is 20.3 Å². The maximum atomic E-state index is 13.2. The molecule has 7 nitrogen and oxygen atoms in total. The van der Waals surface area contributed by atoms with E-state index in [4.69, 9.17) is 22.1 Å². The molecule has 9 heteroatoms. The third-order valence-corrected chi connectivity index (χ3v) is 5.50. The van der Waals surface area contributed by atoms with Crippen LogP contribution >= 0.6 is 11.6 Å². The Hall–Kier alpha value is -2.84. The highest BCUT2D eigenvalue weighted by molar-refractivity contribution is 6.30. The highest BCUT2D eigenvalue weighted by Crippen LogP contribution is 2.18. The van der Waals surface area contributed by atoms with E-state index >= 15 is 0 Å². The molecule has 0 bridgehead atoms. The molecule has 3 rings (SSSR count). The predicted molar refractivity (Wildman–Crippen MR) is 116 cm³/mol. The average molecular weight is 449 g/mol. The molecule has 0 radical (unpaired) electrons. The average Bonchev–Trinajstić information content (AvgIpc) is 2.75. The number of amides is 3. The number of nitrogens with zero attached hydrogens (tertiary/aromatic N) is 3. The molecule has 0 saturated carbocycles. The molecular weight excluding hydrogens is 423 g/mol. The van der Waals surface area contributed by atoms with Crippen LogP contribution < -0.4 is 10.5 Å². The Balaban J connectivity index is 1.64. The zero-order chi connectivity index (χ0) is 22.4. The number of nitrogens with two attached hydrogens (primary N) is 1. The minimum atomic E-state index is -0.555. The van der Waals surface area contributed by atoms with Crippen molar-refractivity contribution in [1.29, 1.82) is 0 Å². The summed E-state index contributed by atoms with van der Waals surface area (Å²) in [6, 6.07) is 12.4. The van der Waals surface area contributed by atoms with E-state index in [0.717, 1.165) is 5.56 Å². The van der Waals surface area contributed by atoms with Crippen molar-refractivity contribution in [2.75, 3.05) is 39.8 Å². The predicted octanol–water partition coefficient (Wildman–Crippen LogP) is 2.58. The van der Waals surface area contributed by atoms with Gasteiger partial charge in [-0.25, -0.2) is 9.18 Å². The maximum absolute atomic E-state index is 13.2. The van der Waals surface area contributed by atoms with Gasteiger partial charge in [0.1, 0.15) is 11.6 Å². The van der Waals surface area contributed by atoms with Crippen molar-refractivity contribution >= 4 is 23.5 Å². The number of rotatable bonds is 7. The summed E-state index contributed by atoms with van der Waals surface area (Å²) in [5, 5.41) is 0.588. The Morgan fingerprint density at radius 2 is 1.84 bits per heavy atom. The Morgan fingerprint density at radius 3 is 2.48 bits per heavy atom. The number of hydrogen-bond acceptors (Lipinski definition) is 4. The maximum Gasteiger partial charge on any atom is 0.314 e. The number of benzene rings is 2. The van der Waals surface area contributed by atoms with Crippen LogP contribution in [-0.2, 0) is 11.3 Å². The first-order valence-electron chi connectivity index (χ1n) is 9.97. The van der Waals surface area contributed by atoms with Gasteiger partial charge in [0.15, 0.2) is 6.61 Å². The number of piperazine rings is 1. The summed E-state index contributed by atoms with van der Waals surface area (Å²) in [4.78, 5) is 29.7. The molecular formula is C22H26ClFN4O3. The molecule has 0 aliphatic carbocycles. The first kappa shape index (κ1) is 22.8. The topological polar surface area (TPSA) is 79.1 Å². The zero-order valence-corrected chi connectivity index (χ0v) is 18.1.